The van der Waals surface area contributed by atoms with Gasteiger partial charge < -0.3 is 14.8 Å². The number of aryl methyl sites for hydroxylation is 2. The van der Waals surface area contributed by atoms with E-state index in [2.05, 4.69) is 10.1 Å². The summed E-state index contributed by atoms with van der Waals surface area (Å²) >= 11 is 0. The van der Waals surface area contributed by atoms with Crippen LogP contribution in [0.25, 0.3) is 0 Å². The van der Waals surface area contributed by atoms with Gasteiger partial charge in [-0.2, -0.15) is 0 Å². The van der Waals surface area contributed by atoms with Crippen LogP contribution >= 0.6 is 0 Å². The van der Waals surface area contributed by atoms with E-state index in [4.69, 9.17) is 4.74 Å². The van der Waals surface area contributed by atoms with Crippen LogP contribution in [-0.4, -0.2) is 18.9 Å². The summed E-state index contributed by atoms with van der Waals surface area (Å²) < 4.78 is 45.5. The number of amides is 1. The summed E-state index contributed by atoms with van der Waals surface area (Å²) in [6.07, 6.45) is -4.75. The Kier molecular flexibility index (Phi) is 5.33. The molecule has 0 aliphatic heterocycles. The molecule has 2 rings (SSSR count). The number of halogens is 3. The van der Waals surface area contributed by atoms with E-state index in [0.29, 0.717) is 11.4 Å². The van der Waals surface area contributed by atoms with Crippen molar-refractivity contribution >= 4 is 11.6 Å². The molecule has 0 aromatic heterocycles. The predicted molar refractivity (Wildman–Crippen MR) is 83.2 cm³/mol. The van der Waals surface area contributed by atoms with Crippen LogP contribution in [0.3, 0.4) is 0 Å². The van der Waals surface area contributed by atoms with Crippen molar-refractivity contribution in [2.75, 3.05) is 11.9 Å². The number of nitrogens with one attached hydrogen (secondary N) is 1. The van der Waals surface area contributed by atoms with Gasteiger partial charge in [-0.25, -0.2) is 0 Å². The van der Waals surface area contributed by atoms with Gasteiger partial charge in [-0.15, -0.1) is 13.2 Å². The molecule has 0 atom stereocenters. The van der Waals surface area contributed by atoms with Gasteiger partial charge >= 0.3 is 6.36 Å². The second-order valence-electron chi connectivity index (χ2n) is 5.13. The highest BCUT2D eigenvalue weighted by molar-refractivity contribution is 5.91. The van der Waals surface area contributed by atoms with Crippen molar-refractivity contribution in [3.8, 4) is 11.5 Å². The van der Waals surface area contributed by atoms with Gasteiger partial charge in [0.2, 0.25) is 0 Å². The zero-order valence-corrected chi connectivity index (χ0v) is 13.1. The van der Waals surface area contributed by atoms with Gasteiger partial charge in [-0.05, 0) is 49.2 Å². The molecule has 24 heavy (non-hydrogen) atoms. The molecule has 0 aliphatic carbocycles. The lowest BCUT2D eigenvalue weighted by Gasteiger charge is -2.12. The second-order valence-corrected chi connectivity index (χ2v) is 5.13. The summed E-state index contributed by atoms with van der Waals surface area (Å²) in [6, 6.07) is 10.5. The maximum absolute atomic E-state index is 12.1. The van der Waals surface area contributed by atoms with E-state index in [1.54, 1.807) is 0 Å². The Labute approximate surface area is 137 Å². The van der Waals surface area contributed by atoms with E-state index in [-0.39, 0.29) is 12.4 Å². The van der Waals surface area contributed by atoms with Crippen LogP contribution in [0.1, 0.15) is 11.1 Å². The molecule has 128 valence electrons. The van der Waals surface area contributed by atoms with Crippen LogP contribution < -0.4 is 14.8 Å². The first-order chi connectivity index (χ1) is 11.2. The average Bonchev–Trinajstić information content (AvgIpc) is 2.47. The van der Waals surface area contributed by atoms with Gasteiger partial charge in [0.05, 0.1) is 0 Å². The van der Waals surface area contributed by atoms with Crippen LogP contribution in [0.2, 0.25) is 0 Å². The second kappa shape index (κ2) is 7.25. The number of hydrogen-bond donors (Lipinski definition) is 1. The van der Waals surface area contributed by atoms with Crippen LogP contribution in [0.5, 0.6) is 11.5 Å². The predicted octanol–water partition coefficient (Wildman–Crippen LogP) is 4.22. The Balaban J connectivity index is 1.91. The summed E-state index contributed by atoms with van der Waals surface area (Å²) in [5.41, 5.74) is 2.17. The van der Waals surface area contributed by atoms with Crippen molar-refractivity contribution in [1.82, 2.24) is 0 Å². The maximum Gasteiger partial charge on any atom is 0.573 e. The van der Waals surface area contributed by atoms with Crippen molar-refractivity contribution in [1.29, 1.82) is 0 Å². The summed E-state index contributed by atoms with van der Waals surface area (Å²) in [7, 11) is 0. The van der Waals surface area contributed by atoms with E-state index >= 15 is 0 Å². The normalized spacial score (nSPS) is 11.0. The molecule has 4 nitrogen and oxygen atoms in total. The van der Waals surface area contributed by atoms with Crippen molar-refractivity contribution in [3.63, 3.8) is 0 Å². The number of ether oxygens (including phenoxy) is 2. The summed E-state index contributed by atoms with van der Waals surface area (Å²) in [5, 5.41) is 2.54. The third-order valence-corrected chi connectivity index (χ3v) is 3.13. The van der Waals surface area contributed by atoms with Crippen molar-refractivity contribution in [2.45, 2.75) is 20.2 Å². The molecule has 2 aromatic rings. The van der Waals surface area contributed by atoms with E-state index in [0.717, 1.165) is 23.3 Å². The van der Waals surface area contributed by atoms with E-state index in [1.807, 2.05) is 32.0 Å². The first kappa shape index (κ1) is 17.7. The number of carbonyl (C=O) groups is 1. The number of alkyl halides is 3. The maximum atomic E-state index is 12.1. The molecule has 2 aromatic carbocycles. The molecule has 0 radical (unpaired) electrons. The monoisotopic (exact) mass is 339 g/mol. The number of para-hydroxylation sites is 1. The van der Waals surface area contributed by atoms with Gasteiger partial charge in [-0.3, -0.25) is 4.79 Å². The lowest BCUT2D eigenvalue weighted by atomic mass is 10.1. The van der Waals surface area contributed by atoms with Gasteiger partial charge in [0.25, 0.3) is 5.91 Å². The van der Waals surface area contributed by atoms with Crippen molar-refractivity contribution in [3.05, 3.63) is 53.6 Å². The molecule has 0 unspecified atom stereocenters. The molecule has 0 heterocycles. The zero-order chi connectivity index (χ0) is 17.7. The minimum Gasteiger partial charge on any atom is -0.483 e. The molecule has 0 fully saturated rings. The minimum atomic E-state index is -4.75. The largest absolute Gasteiger partial charge is 0.573 e. The fourth-order valence-corrected chi connectivity index (χ4v) is 2.10. The number of carbonyl (C=O) groups excluding carboxylic acids is 1. The van der Waals surface area contributed by atoms with E-state index in [9.17, 15) is 18.0 Å². The van der Waals surface area contributed by atoms with Crippen molar-refractivity contribution < 1.29 is 27.4 Å². The highest BCUT2D eigenvalue weighted by Crippen LogP contribution is 2.24. The fourth-order valence-electron chi connectivity index (χ4n) is 2.10. The molecule has 0 bridgehead atoms. The van der Waals surface area contributed by atoms with Gasteiger partial charge in [0.1, 0.15) is 11.5 Å². The Bertz CT molecular complexity index is 692. The minimum absolute atomic E-state index is 0.202. The third kappa shape index (κ3) is 5.19. The Morgan fingerprint density at radius 2 is 1.62 bits per heavy atom. The molecular weight excluding hydrogens is 323 g/mol. The van der Waals surface area contributed by atoms with E-state index < -0.39 is 12.3 Å². The van der Waals surface area contributed by atoms with Gasteiger partial charge in [0.15, 0.2) is 6.61 Å². The Hall–Kier alpha value is -2.70. The van der Waals surface area contributed by atoms with Gasteiger partial charge in [-0.1, -0.05) is 18.2 Å². The Morgan fingerprint density at radius 3 is 2.17 bits per heavy atom. The van der Waals surface area contributed by atoms with Gasteiger partial charge in [0, 0.05) is 5.69 Å². The summed E-state index contributed by atoms with van der Waals surface area (Å²) in [6.45, 7) is 3.55. The standard InChI is InChI=1S/C17H16F3NO3/c1-11-4-3-5-12(2)16(11)23-10-15(22)21-13-6-8-14(9-7-13)24-17(18,19)20/h3-9H,10H2,1-2H3,(H,21,22). The first-order valence-corrected chi connectivity index (χ1v) is 7.09. The molecule has 0 saturated heterocycles. The molecule has 0 saturated carbocycles. The molecule has 1 N–H and O–H groups in total. The van der Waals surface area contributed by atoms with Crippen molar-refractivity contribution in [2.24, 2.45) is 0 Å². The molecular formula is C17H16F3NO3. The highest BCUT2D eigenvalue weighted by Gasteiger charge is 2.30. The zero-order valence-electron chi connectivity index (χ0n) is 13.1. The average molecular weight is 339 g/mol. The molecule has 0 spiro atoms. The van der Waals surface area contributed by atoms with Crippen LogP contribution in [0.15, 0.2) is 42.5 Å². The molecule has 1 amide bonds. The quantitative estimate of drug-likeness (QED) is 0.887. The number of rotatable bonds is 5. The smallest absolute Gasteiger partial charge is 0.483 e. The van der Waals surface area contributed by atoms with Crippen LogP contribution in [-0.2, 0) is 4.79 Å². The SMILES string of the molecule is Cc1cccc(C)c1OCC(=O)Nc1ccc(OC(F)(F)F)cc1. The molecule has 0 aliphatic rings. The Morgan fingerprint density at radius 1 is 1.04 bits per heavy atom. The highest BCUT2D eigenvalue weighted by atomic mass is 19.4. The lowest BCUT2D eigenvalue weighted by molar-refractivity contribution is -0.274. The number of anilines is 1. The molecule has 7 heteroatoms. The fraction of sp³-hybridized carbons (Fsp3) is 0.235. The third-order valence-electron chi connectivity index (χ3n) is 3.13. The van der Waals surface area contributed by atoms with E-state index in [1.165, 1.54) is 12.1 Å². The lowest BCUT2D eigenvalue weighted by Crippen LogP contribution is -2.21. The topological polar surface area (TPSA) is 47.6 Å². The summed E-state index contributed by atoms with van der Waals surface area (Å²) in [5.74, 6) is -0.129. The number of benzene rings is 2. The van der Waals surface area contributed by atoms with Crippen LogP contribution in [0.4, 0.5) is 18.9 Å². The first-order valence-electron chi connectivity index (χ1n) is 7.09. The number of hydrogen-bond acceptors (Lipinski definition) is 3. The van der Waals surface area contributed by atoms with Crippen LogP contribution in [0, 0.1) is 13.8 Å². The summed E-state index contributed by atoms with van der Waals surface area (Å²) in [4.78, 5) is 11.9.